The lowest BCUT2D eigenvalue weighted by Crippen LogP contribution is -2.37. The Labute approximate surface area is 125 Å². The van der Waals surface area contributed by atoms with Gasteiger partial charge in [0.25, 0.3) is 5.91 Å². The Morgan fingerprint density at radius 1 is 1.27 bits per heavy atom. The minimum Gasteiger partial charge on any atom is -0.343 e. The lowest BCUT2D eigenvalue weighted by atomic mass is 10.2. The van der Waals surface area contributed by atoms with Gasteiger partial charge in [-0.2, -0.15) is 13.2 Å². The van der Waals surface area contributed by atoms with Crippen molar-refractivity contribution in [1.29, 1.82) is 0 Å². The molecular formula is C12H16F3N3O3S. The molecule has 10 heteroatoms. The van der Waals surface area contributed by atoms with E-state index in [4.69, 9.17) is 5.73 Å². The van der Waals surface area contributed by atoms with E-state index < -0.39 is 34.7 Å². The average molecular weight is 339 g/mol. The summed E-state index contributed by atoms with van der Waals surface area (Å²) in [6.07, 6.45) is -4.51. The summed E-state index contributed by atoms with van der Waals surface area (Å²) in [5.74, 6) is -0.940. The molecule has 6 nitrogen and oxygen atoms in total. The summed E-state index contributed by atoms with van der Waals surface area (Å²) in [4.78, 5) is 11.4. The van der Waals surface area contributed by atoms with E-state index >= 15 is 0 Å². The molecule has 1 atom stereocenters. The van der Waals surface area contributed by atoms with Crippen LogP contribution in [0.1, 0.15) is 17.3 Å². The highest BCUT2D eigenvalue weighted by molar-refractivity contribution is 7.89. The van der Waals surface area contributed by atoms with Gasteiger partial charge in [-0.3, -0.25) is 4.79 Å². The number of rotatable bonds is 6. The molecule has 0 bridgehead atoms. The molecule has 22 heavy (non-hydrogen) atoms. The van der Waals surface area contributed by atoms with Crippen molar-refractivity contribution in [3.05, 3.63) is 29.8 Å². The maximum atomic E-state index is 12.0. The normalized spacial score (nSPS) is 13.7. The predicted octanol–water partition coefficient (Wildman–Crippen LogP) is 0.604. The minimum absolute atomic E-state index is 0.0740. The molecule has 1 amide bonds. The number of benzene rings is 1. The summed E-state index contributed by atoms with van der Waals surface area (Å²) < 4.78 is 62.1. The Morgan fingerprint density at radius 3 is 2.27 bits per heavy atom. The van der Waals surface area contributed by atoms with Crippen molar-refractivity contribution in [2.45, 2.75) is 24.0 Å². The van der Waals surface area contributed by atoms with Crippen molar-refractivity contribution in [1.82, 2.24) is 10.0 Å². The van der Waals surface area contributed by atoms with Crippen molar-refractivity contribution in [2.24, 2.45) is 5.73 Å². The number of sulfonamides is 1. The highest BCUT2D eigenvalue weighted by atomic mass is 32.2. The number of nitrogens with one attached hydrogen (secondary N) is 2. The van der Waals surface area contributed by atoms with Gasteiger partial charge < -0.3 is 11.1 Å². The molecule has 0 saturated carbocycles. The number of halogens is 3. The molecule has 0 unspecified atom stereocenters. The van der Waals surface area contributed by atoms with Gasteiger partial charge in [0.15, 0.2) is 0 Å². The summed E-state index contributed by atoms with van der Waals surface area (Å²) in [5.41, 5.74) is 5.24. The molecule has 124 valence electrons. The standard InChI is InChI=1S/C12H16F3N3O3S/c1-8(6-16)18-22(20,21)10-4-2-9(3-5-10)11(19)17-7-12(13,14)15/h2-5,8,18H,6-7,16H2,1H3,(H,17,19)/t8-/m0/s1. The van der Waals surface area contributed by atoms with Crippen LogP contribution in [-0.4, -0.2) is 39.6 Å². The van der Waals surface area contributed by atoms with E-state index in [0.717, 1.165) is 24.3 Å². The third kappa shape index (κ3) is 5.62. The molecule has 4 N–H and O–H groups in total. The Kier molecular flexibility index (Phi) is 5.92. The number of alkyl halides is 3. The highest BCUT2D eigenvalue weighted by Crippen LogP contribution is 2.14. The van der Waals surface area contributed by atoms with Crippen LogP contribution in [0.4, 0.5) is 13.2 Å². The zero-order chi connectivity index (χ0) is 17.0. The summed E-state index contributed by atoms with van der Waals surface area (Å²) in [6, 6.07) is 4.06. The second kappa shape index (κ2) is 7.07. The minimum atomic E-state index is -4.51. The average Bonchev–Trinajstić information content (AvgIpc) is 2.43. The zero-order valence-electron chi connectivity index (χ0n) is 11.6. The monoisotopic (exact) mass is 339 g/mol. The molecule has 1 aromatic rings. The predicted molar refractivity (Wildman–Crippen MR) is 73.7 cm³/mol. The molecule has 0 radical (unpaired) electrons. The van der Waals surface area contributed by atoms with E-state index in [1.165, 1.54) is 0 Å². The lowest BCUT2D eigenvalue weighted by molar-refractivity contribution is -0.123. The first-order valence-electron chi connectivity index (χ1n) is 6.22. The zero-order valence-corrected chi connectivity index (χ0v) is 12.5. The van der Waals surface area contributed by atoms with Crippen LogP contribution < -0.4 is 15.8 Å². The molecule has 0 aliphatic heterocycles. The smallest absolute Gasteiger partial charge is 0.343 e. The van der Waals surface area contributed by atoms with E-state index in [-0.39, 0.29) is 17.0 Å². The number of carbonyl (C=O) groups is 1. The first-order valence-corrected chi connectivity index (χ1v) is 7.71. The maximum Gasteiger partial charge on any atom is 0.405 e. The van der Waals surface area contributed by atoms with Crippen LogP contribution in [0.3, 0.4) is 0 Å². The van der Waals surface area contributed by atoms with Crippen LogP contribution in [0.25, 0.3) is 0 Å². The van der Waals surface area contributed by atoms with Crippen molar-refractivity contribution in [3.63, 3.8) is 0 Å². The van der Waals surface area contributed by atoms with Crippen LogP contribution in [0.15, 0.2) is 29.2 Å². The maximum absolute atomic E-state index is 12.0. The van der Waals surface area contributed by atoms with Crippen molar-refractivity contribution in [3.8, 4) is 0 Å². The molecule has 1 aromatic carbocycles. The highest BCUT2D eigenvalue weighted by Gasteiger charge is 2.28. The SMILES string of the molecule is C[C@@H](CN)NS(=O)(=O)c1ccc(C(=O)NCC(F)(F)F)cc1. The fourth-order valence-corrected chi connectivity index (χ4v) is 2.71. The number of hydrogen-bond donors (Lipinski definition) is 3. The van der Waals surface area contributed by atoms with Crippen LogP contribution in [0.5, 0.6) is 0 Å². The van der Waals surface area contributed by atoms with Gasteiger partial charge in [-0.15, -0.1) is 0 Å². The van der Waals surface area contributed by atoms with Gasteiger partial charge in [0.05, 0.1) is 4.90 Å². The summed E-state index contributed by atoms with van der Waals surface area (Å²) in [5, 5.41) is 1.69. The van der Waals surface area contributed by atoms with E-state index in [1.807, 2.05) is 0 Å². The Hall–Kier alpha value is -1.65. The largest absolute Gasteiger partial charge is 0.405 e. The molecule has 0 aliphatic rings. The second-order valence-corrected chi connectivity index (χ2v) is 6.29. The van der Waals surface area contributed by atoms with Gasteiger partial charge in [-0.25, -0.2) is 13.1 Å². The third-order valence-corrected chi connectivity index (χ3v) is 4.19. The van der Waals surface area contributed by atoms with Crippen LogP contribution in [0, 0.1) is 0 Å². The van der Waals surface area contributed by atoms with Crippen molar-refractivity contribution < 1.29 is 26.4 Å². The topological polar surface area (TPSA) is 101 Å². The first kappa shape index (κ1) is 18.4. The van der Waals surface area contributed by atoms with Gasteiger partial charge in [-0.1, -0.05) is 0 Å². The van der Waals surface area contributed by atoms with E-state index in [0.29, 0.717) is 0 Å². The van der Waals surface area contributed by atoms with Crippen molar-refractivity contribution in [2.75, 3.05) is 13.1 Å². The molecule has 1 rings (SSSR count). The number of hydrogen-bond acceptors (Lipinski definition) is 4. The third-order valence-electron chi connectivity index (χ3n) is 2.59. The lowest BCUT2D eigenvalue weighted by Gasteiger charge is -2.12. The number of amides is 1. The Morgan fingerprint density at radius 2 is 1.82 bits per heavy atom. The Bertz CT molecular complexity index is 615. The van der Waals surface area contributed by atoms with Gasteiger partial charge in [-0.05, 0) is 31.2 Å². The van der Waals surface area contributed by atoms with Crippen LogP contribution >= 0.6 is 0 Å². The van der Waals surface area contributed by atoms with Crippen molar-refractivity contribution >= 4 is 15.9 Å². The first-order chi connectivity index (χ1) is 10.0. The fraction of sp³-hybridized carbons (Fsp3) is 0.417. The quantitative estimate of drug-likeness (QED) is 0.706. The fourth-order valence-electron chi connectivity index (χ4n) is 1.45. The van der Waals surface area contributed by atoms with E-state index in [1.54, 1.807) is 12.2 Å². The second-order valence-electron chi connectivity index (χ2n) is 4.58. The van der Waals surface area contributed by atoms with Gasteiger partial charge in [0, 0.05) is 18.2 Å². The number of carbonyl (C=O) groups excluding carboxylic acids is 1. The van der Waals surface area contributed by atoms with Gasteiger partial charge >= 0.3 is 6.18 Å². The molecule has 0 spiro atoms. The molecule has 0 aromatic heterocycles. The number of nitrogens with two attached hydrogens (primary N) is 1. The summed E-state index contributed by atoms with van der Waals surface area (Å²) in [7, 11) is -3.79. The summed E-state index contributed by atoms with van der Waals surface area (Å²) in [6.45, 7) is 0.231. The Balaban J connectivity index is 2.80. The molecule has 0 saturated heterocycles. The molecular weight excluding hydrogens is 323 g/mol. The summed E-state index contributed by atoms with van der Waals surface area (Å²) >= 11 is 0. The molecule has 0 aliphatic carbocycles. The van der Waals surface area contributed by atoms with E-state index in [9.17, 15) is 26.4 Å². The van der Waals surface area contributed by atoms with E-state index in [2.05, 4.69) is 4.72 Å². The van der Waals surface area contributed by atoms with Crippen LogP contribution in [-0.2, 0) is 10.0 Å². The van der Waals surface area contributed by atoms with Crippen LogP contribution in [0.2, 0.25) is 0 Å². The molecule has 0 fully saturated rings. The van der Waals surface area contributed by atoms with Gasteiger partial charge in [0.2, 0.25) is 10.0 Å². The van der Waals surface area contributed by atoms with Gasteiger partial charge in [0.1, 0.15) is 6.54 Å². The molecule has 0 heterocycles.